The Balaban J connectivity index is 0.00000245. The molecule has 162 valence electrons. The van der Waals surface area contributed by atoms with Gasteiger partial charge < -0.3 is 4.57 Å². The SMILES string of the molecule is Cl.O=C(c1ccc2ccccc2c1)N(CCCn1ccnc1)c1nc2c(Cl)cccc2s1. The van der Waals surface area contributed by atoms with E-state index in [1.807, 2.05) is 71.4 Å². The molecular formula is C24H20Cl2N4OS. The van der Waals surface area contributed by atoms with Crippen LogP contribution in [0.5, 0.6) is 0 Å². The standard InChI is InChI=1S/C24H19ClN4OS.ClH/c25-20-7-3-8-21-22(20)27-24(31-21)29(13-4-12-28-14-11-26-16-28)23(30)19-10-9-17-5-1-2-6-18(17)15-19;/h1-3,5-11,14-16H,4,12-13H2;1H. The molecule has 8 heteroatoms. The highest BCUT2D eigenvalue weighted by atomic mass is 35.5. The van der Waals surface area contributed by atoms with E-state index in [1.54, 1.807) is 17.4 Å². The molecule has 0 unspecified atom stereocenters. The Morgan fingerprint density at radius 3 is 2.69 bits per heavy atom. The number of hydrogen-bond acceptors (Lipinski definition) is 4. The Hall–Kier alpha value is -2.93. The minimum atomic E-state index is -0.0634. The zero-order chi connectivity index (χ0) is 21.2. The first-order chi connectivity index (χ1) is 15.2. The van der Waals surface area contributed by atoms with Gasteiger partial charge in [0, 0.05) is 31.0 Å². The van der Waals surface area contributed by atoms with E-state index >= 15 is 0 Å². The number of amides is 1. The van der Waals surface area contributed by atoms with E-state index in [2.05, 4.69) is 4.98 Å². The normalized spacial score (nSPS) is 10.9. The third-order valence-corrected chi connectivity index (χ3v) is 6.54. The summed E-state index contributed by atoms with van der Waals surface area (Å²) in [6, 6.07) is 19.6. The van der Waals surface area contributed by atoms with Crippen molar-refractivity contribution in [3.05, 3.63) is 90.0 Å². The number of carbonyl (C=O) groups excluding carboxylic acids is 1. The first-order valence-electron chi connectivity index (χ1n) is 10.0. The van der Waals surface area contributed by atoms with Crippen molar-refractivity contribution in [2.75, 3.05) is 11.4 Å². The second-order valence-electron chi connectivity index (χ2n) is 7.26. The van der Waals surface area contributed by atoms with Crippen LogP contribution < -0.4 is 4.90 Å². The Morgan fingerprint density at radius 2 is 1.91 bits per heavy atom. The summed E-state index contributed by atoms with van der Waals surface area (Å²) in [6.45, 7) is 1.31. The van der Waals surface area contributed by atoms with Gasteiger partial charge in [-0.05, 0) is 41.5 Å². The summed E-state index contributed by atoms with van der Waals surface area (Å²) >= 11 is 7.82. The summed E-state index contributed by atoms with van der Waals surface area (Å²) < 4.78 is 2.97. The lowest BCUT2D eigenvalue weighted by atomic mass is 10.1. The zero-order valence-corrected chi connectivity index (χ0v) is 19.4. The molecule has 0 aliphatic heterocycles. The van der Waals surface area contributed by atoms with E-state index in [0.717, 1.165) is 34.0 Å². The number of halogens is 2. The van der Waals surface area contributed by atoms with Crippen molar-refractivity contribution in [1.82, 2.24) is 14.5 Å². The van der Waals surface area contributed by atoms with Crippen LogP contribution in [0.2, 0.25) is 5.02 Å². The van der Waals surface area contributed by atoms with Crippen LogP contribution in [0.3, 0.4) is 0 Å². The second-order valence-corrected chi connectivity index (χ2v) is 8.67. The van der Waals surface area contributed by atoms with E-state index in [1.165, 1.54) is 11.3 Å². The van der Waals surface area contributed by atoms with Crippen molar-refractivity contribution in [3.8, 4) is 0 Å². The molecule has 0 saturated heterocycles. The first-order valence-corrected chi connectivity index (χ1v) is 11.2. The van der Waals surface area contributed by atoms with Gasteiger partial charge in [-0.15, -0.1) is 12.4 Å². The van der Waals surface area contributed by atoms with Gasteiger partial charge >= 0.3 is 0 Å². The summed E-state index contributed by atoms with van der Waals surface area (Å²) in [5, 5.41) is 3.40. The van der Waals surface area contributed by atoms with Crippen molar-refractivity contribution in [3.63, 3.8) is 0 Å². The van der Waals surface area contributed by atoms with Crippen molar-refractivity contribution in [2.45, 2.75) is 13.0 Å². The van der Waals surface area contributed by atoms with Gasteiger partial charge in [0.15, 0.2) is 5.13 Å². The van der Waals surface area contributed by atoms with Crippen LogP contribution in [0, 0.1) is 0 Å². The lowest BCUT2D eigenvalue weighted by molar-refractivity contribution is 0.0986. The number of aryl methyl sites for hydroxylation is 1. The van der Waals surface area contributed by atoms with Gasteiger partial charge in [-0.25, -0.2) is 9.97 Å². The van der Waals surface area contributed by atoms with Crippen molar-refractivity contribution in [1.29, 1.82) is 0 Å². The summed E-state index contributed by atoms with van der Waals surface area (Å²) in [5.74, 6) is -0.0634. The lowest BCUT2D eigenvalue weighted by Gasteiger charge is -2.20. The number of anilines is 1. The topological polar surface area (TPSA) is 51.0 Å². The number of fused-ring (bicyclic) bond motifs is 2. The monoisotopic (exact) mass is 482 g/mol. The van der Waals surface area contributed by atoms with Crippen molar-refractivity contribution >= 4 is 67.4 Å². The zero-order valence-electron chi connectivity index (χ0n) is 17.0. The van der Waals surface area contributed by atoms with Gasteiger partial charge in [0.25, 0.3) is 5.91 Å². The van der Waals surface area contributed by atoms with Crippen LogP contribution in [-0.2, 0) is 6.54 Å². The molecule has 3 aromatic carbocycles. The van der Waals surface area contributed by atoms with Gasteiger partial charge in [-0.1, -0.05) is 59.3 Å². The first kappa shape index (κ1) is 22.3. The molecule has 5 nitrogen and oxygen atoms in total. The molecule has 0 aliphatic carbocycles. The minimum Gasteiger partial charge on any atom is -0.337 e. The molecule has 32 heavy (non-hydrogen) atoms. The van der Waals surface area contributed by atoms with Gasteiger partial charge in [-0.2, -0.15) is 0 Å². The van der Waals surface area contributed by atoms with E-state index in [-0.39, 0.29) is 18.3 Å². The Bertz CT molecular complexity index is 1370. The Kier molecular flexibility index (Phi) is 6.74. The van der Waals surface area contributed by atoms with Gasteiger partial charge in [-0.3, -0.25) is 9.69 Å². The Labute approximate surface area is 200 Å². The van der Waals surface area contributed by atoms with Crippen LogP contribution in [0.4, 0.5) is 5.13 Å². The third-order valence-electron chi connectivity index (χ3n) is 5.19. The number of hydrogen-bond donors (Lipinski definition) is 0. The quantitative estimate of drug-likeness (QED) is 0.279. The maximum Gasteiger partial charge on any atom is 0.260 e. The minimum absolute atomic E-state index is 0. The lowest BCUT2D eigenvalue weighted by Crippen LogP contribution is -2.32. The molecule has 5 rings (SSSR count). The molecule has 0 fully saturated rings. The van der Waals surface area contributed by atoms with Crippen molar-refractivity contribution < 1.29 is 4.79 Å². The van der Waals surface area contributed by atoms with Crippen LogP contribution in [-0.4, -0.2) is 27.0 Å². The molecular weight excluding hydrogens is 463 g/mol. The Morgan fingerprint density at radius 1 is 1.06 bits per heavy atom. The number of aromatic nitrogens is 3. The van der Waals surface area contributed by atoms with E-state index in [0.29, 0.717) is 22.3 Å². The molecule has 0 atom stereocenters. The smallest absolute Gasteiger partial charge is 0.260 e. The molecule has 0 aliphatic rings. The summed E-state index contributed by atoms with van der Waals surface area (Å²) in [7, 11) is 0. The van der Waals surface area contributed by atoms with Crippen LogP contribution in [0.1, 0.15) is 16.8 Å². The fourth-order valence-electron chi connectivity index (χ4n) is 3.61. The van der Waals surface area contributed by atoms with Gasteiger partial charge in [0.05, 0.1) is 16.0 Å². The number of benzene rings is 3. The number of carbonyl (C=O) groups is 1. The van der Waals surface area contributed by atoms with Crippen LogP contribution in [0.25, 0.3) is 21.0 Å². The average molecular weight is 483 g/mol. The van der Waals surface area contributed by atoms with Gasteiger partial charge in [0.1, 0.15) is 5.52 Å². The molecule has 0 spiro atoms. The predicted octanol–water partition coefficient (Wildman–Crippen LogP) is 6.46. The number of thiazole rings is 1. The largest absolute Gasteiger partial charge is 0.337 e. The molecule has 5 aromatic rings. The van der Waals surface area contributed by atoms with Crippen LogP contribution >= 0.6 is 35.3 Å². The predicted molar refractivity (Wildman–Crippen MR) is 134 cm³/mol. The molecule has 1 amide bonds. The molecule has 0 radical (unpaired) electrons. The highest BCUT2D eigenvalue weighted by molar-refractivity contribution is 7.22. The van der Waals surface area contributed by atoms with E-state index < -0.39 is 0 Å². The number of nitrogens with zero attached hydrogens (tertiary/aromatic N) is 4. The molecule has 0 bridgehead atoms. The van der Waals surface area contributed by atoms with Crippen LogP contribution in [0.15, 0.2) is 79.4 Å². The molecule has 2 heterocycles. The van der Waals surface area contributed by atoms with Gasteiger partial charge in [0.2, 0.25) is 0 Å². The summed E-state index contributed by atoms with van der Waals surface area (Å²) in [5.41, 5.74) is 1.38. The third kappa shape index (κ3) is 4.48. The fourth-order valence-corrected chi connectivity index (χ4v) is 4.90. The molecule has 2 aromatic heterocycles. The molecule has 0 saturated carbocycles. The second kappa shape index (κ2) is 9.69. The van der Waals surface area contributed by atoms with E-state index in [4.69, 9.17) is 16.6 Å². The van der Waals surface area contributed by atoms with Crippen molar-refractivity contribution in [2.24, 2.45) is 0 Å². The maximum atomic E-state index is 13.6. The maximum absolute atomic E-state index is 13.6. The average Bonchev–Trinajstić information content (AvgIpc) is 3.46. The molecule has 0 N–H and O–H groups in total. The highest BCUT2D eigenvalue weighted by Gasteiger charge is 2.22. The summed E-state index contributed by atoms with van der Waals surface area (Å²) in [6.07, 6.45) is 6.24. The fraction of sp³-hybridized carbons (Fsp3) is 0.125. The number of imidazole rings is 1. The van der Waals surface area contributed by atoms with E-state index in [9.17, 15) is 4.79 Å². The highest BCUT2D eigenvalue weighted by Crippen LogP contribution is 2.33. The number of rotatable bonds is 6. The summed E-state index contributed by atoms with van der Waals surface area (Å²) in [4.78, 5) is 24.1. The number of para-hydroxylation sites is 1.